The first-order valence-corrected chi connectivity index (χ1v) is 8.55. The third-order valence-electron chi connectivity index (χ3n) is 4.40. The Hall–Kier alpha value is -2.25. The van der Waals surface area contributed by atoms with Crippen LogP contribution in [-0.2, 0) is 6.54 Å². The van der Waals surface area contributed by atoms with E-state index >= 15 is 0 Å². The molecule has 6 nitrogen and oxygen atoms in total. The van der Waals surface area contributed by atoms with E-state index in [1.54, 1.807) is 6.07 Å². The molecule has 0 radical (unpaired) electrons. The van der Waals surface area contributed by atoms with Gasteiger partial charge in [0.1, 0.15) is 5.75 Å². The van der Waals surface area contributed by atoms with Crippen LogP contribution in [0.25, 0.3) is 0 Å². The van der Waals surface area contributed by atoms with E-state index in [-0.39, 0.29) is 19.1 Å². The van der Waals surface area contributed by atoms with Crippen molar-refractivity contribution in [3.05, 3.63) is 17.7 Å². The first kappa shape index (κ1) is 17.6. The van der Waals surface area contributed by atoms with Gasteiger partial charge in [-0.1, -0.05) is 25.7 Å². The van der Waals surface area contributed by atoms with Crippen molar-refractivity contribution in [3.63, 3.8) is 0 Å². The molecule has 0 saturated heterocycles. The summed E-state index contributed by atoms with van der Waals surface area (Å²) in [5.74, 6) is 1.20. The maximum absolute atomic E-state index is 12.6. The molecular formula is C17H23F2N3O3. The quantitative estimate of drug-likeness (QED) is 0.482. The smallest absolute Gasteiger partial charge is 0.387 e. The number of nitrogens with two attached hydrogens (primary N) is 1. The number of ether oxygens (including phenoxy) is 3. The Balaban J connectivity index is 1.68. The van der Waals surface area contributed by atoms with E-state index in [0.717, 1.165) is 12.8 Å². The minimum Gasteiger partial charge on any atom is -0.454 e. The van der Waals surface area contributed by atoms with Crippen LogP contribution < -0.4 is 25.3 Å². The number of hydrogen-bond acceptors (Lipinski definition) is 4. The van der Waals surface area contributed by atoms with Crippen LogP contribution in [0.4, 0.5) is 8.78 Å². The zero-order valence-electron chi connectivity index (χ0n) is 14.0. The van der Waals surface area contributed by atoms with E-state index in [9.17, 15) is 8.78 Å². The van der Waals surface area contributed by atoms with E-state index in [1.165, 1.54) is 31.7 Å². The molecule has 25 heavy (non-hydrogen) atoms. The molecule has 1 aliphatic heterocycles. The van der Waals surface area contributed by atoms with Crippen molar-refractivity contribution in [1.82, 2.24) is 5.32 Å². The van der Waals surface area contributed by atoms with Gasteiger partial charge in [0, 0.05) is 17.7 Å². The van der Waals surface area contributed by atoms with Crippen molar-refractivity contribution in [2.75, 3.05) is 6.79 Å². The molecule has 3 N–H and O–H groups in total. The molecule has 1 aromatic rings. The minimum absolute atomic E-state index is 0.0188. The van der Waals surface area contributed by atoms with Crippen molar-refractivity contribution in [3.8, 4) is 17.2 Å². The lowest BCUT2D eigenvalue weighted by Crippen LogP contribution is -2.39. The molecular weight excluding hydrogens is 332 g/mol. The Labute approximate surface area is 145 Å². The molecule has 0 amide bonds. The van der Waals surface area contributed by atoms with Gasteiger partial charge >= 0.3 is 6.61 Å². The molecule has 1 fully saturated rings. The maximum atomic E-state index is 12.6. The molecule has 2 aliphatic rings. The van der Waals surface area contributed by atoms with Crippen LogP contribution in [-0.4, -0.2) is 25.4 Å². The summed E-state index contributed by atoms with van der Waals surface area (Å²) >= 11 is 0. The van der Waals surface area contributed by atoms with Gasteiger partial charge in [0.25, 0.3) is 0 Å². The van der Waals surface area contributed by atoms with Crippen LogP contribution in [0.1, 0.15) is 44.1 Å². The number of hydrogen-bond donors (Lipinski definition) is 2. The Morgan fingerprint density at radius 3 is 2.56 bits per heavy atom. The molecule has 0 unspecified atom stereocenters. The fourth-order valence-electron chi connectivity index (χ4n) is 3.14. The van der Waals surface area contributed by atoms with Crippen LogP contribution >= 0.6 is 0 Å². The maximum Gasteiger partial charge on any atom is 0.387 e. The number of rotatable bonds is 5. The largest absolute Gasteiger partial charge is 0.454 e. The second-order valence-electron chi connectivity index (χ2n) is 6.23. The standard InChI is InChI=1S/C17H23F2N3O3/c18-16(19)25-13-8-15-14(23-10-24-15)7-11(13)9-21-17(20)22-12-5-3-1-2-4-6-12/h7-8,12,16H,1-6,9-10H2,(H3,20,21,22). The van der Waals surface area contributed by atoms with Crippen molar-refractivity contribution < 1.29 is 23.0 Å². The number of nitrogens with zero attached hydrogens (tertiary/aromatic N) is 1. The molecule has 138 valence electrons. The Bertz CT molecular complexity index is 617. The van der Waals surface area contributed by atoms with Crippen LogP contribution in [0.3, 0.4) is 0 Å². The number of aliphatic imine (C=N–C) groups is 1. The molecule has 8 heteroatoms. The van der Waals surface area contributed by atoms with Crippen LogP contribution in [0.5, 0.6) is 17.2 Å². The highest BCUT2D eigenvalue weighted by Crippen LogP contribution is 2.39. The summed E-state index contributed by atoms with van der Waals surface area (Å²) in [5.41, 5.74) is 6.43. The highest BCUT2D eigenvalue weighted by Gasteiger charge is 2.20. The summed E-state index contributed by atoms with van der Waals surface area (Å²) in [6, 6.07) is 3.32. The predicted octanol–water partition coefficient (Wildman–Crippen LogP) is 3.14. The monoisotopic (exact) mass is 355 g/mol. The lowest BCUT2D eigenvalue weighted by molar-refractivity contribution is -0.0505. The molecule has 1 aliphatic carbocycles. The highest BCUT2D eigenvalue weighted by molar-refractivity contribution is 5.78. The van der Waals surface area contributed by atoms with Gasteiger partial charge < -0.3 is 25.3 Å². The third-order valence-corrected chi connectivity index (χ3v) is 4.40. The molecule has 1 saturated carbocycles. The van der Waals surface area contributed by atoms with Crippen molar-refractivity contribution in [1.29, 1.82) is 0 Å². The number of benzene rings is 1. The third kappa shape index (κ3) is 4.87. The van der Waals surface area contributed by atoms with Gasteiger partial charge in [0.05, 0.1) is 6.54 Å². The number of alkyl halides is 2. The number of fused-ring (bicyclic) bond motifs is 1. The lowest BCUT2D eigenvalue weighted by atomic mass is 10.1. The Morgan fingerprint density at radius 2 is 1.88 bits per heavy atom. The summed E-state index contributed by atoms with van der Waals surface area (Å²) in [6.07, 6.45) is 7.00. The molecule has 0 aromatic heterocycles. The predicted molar refractivity (Wildman–Crippen MR) is 89.1 cm³/mol. The number of halogens is 2. The summed E-state index contributed by atoms with van der Waals surface area (Å²) in [5, 5.41) is 3.22. The molecule has 0 atom stereocenters. The fourth-order valence-corrected chi connectivity index (χ4v) is 3.14. The highest BCUT2D eigenvalue weighted by atomic mass is 19.3. The van der Waals surface area contributed by atoms with Crippen molar-refractivity contribution in [2.24, 2.45) is 10.7 Å². The fraction of sp³-hybridized carbons (Fsp3) is 0.588. The van der Waals surface area contributed by atoms with E-state index in [0.29, 0.717) is 29.1 Å². The Morgan fingerprint density at radius 1 is 1.20 bits per heavy atom. The Kier molecular flexibility index (Phi) is 5.78. The number of nitrogens with one attached hydrogen (secondary N) is 1. The van der Waals surface area contributed by atoms with E-state index in [1.807, 2.05) is 0 Å². The van der Waals surface area contributed by atoms with Gasteiger partial charge in [0.15, 0.2) is 17.5 Å². The summed E-state index contributed by atoms with van der Waals surface area (Å²) in [7, 11) is 0. The first-order chi connectivity index (χ1) is 12.1. The van der Waals surface area contributed by atoms with Gasteiger partial charge in [-0.25, -0.2) is 4.99 Å². The molecule has 3 rings (SSSR count). The first-order valence-electron chi connectivity index (χ1n) is 8.55. The van der Waals surface area contributed by atoms with Gasteiger partial charge in [-0.05, 0) is 18.9 Å². The van der Waals surface area contributed by atoms with Gasteiger partial charge in [0.2, 0.25) is 6.79 Å². The zero-order chi connectivity index (χ0) is 17.6. The van der Waals surface area contributed by atoms with Crippen molar-refractivity contribution >= 4 is 5.96 Å². The van der Waals surface area contributed by atoms with Gasteiger partial charge in [-0.3, -0.25) is 0 Å². The van der Waals surface area contributed by atoms with Gasteiger partial charge in [-0.15, -0.1) is 0 Å². The molecule has 0 spiro atoms. The minimum atomic E-state index is -2.93. The lowest BCUT2D eigenvalue weighted by Gasteiger charge is -2.17. The van der Waals surface area contributed by atoms with E-state index in [2.05, 4.69) is 15.0 Å². The summed E-state index contributed by atoms with van der Waals surface area (Å²) in [6.45, 7) is -2.75. The average molecular weight is 355 g/mol. The molecule has 1 aromatic carbocycles. The SMILES string of the molecule is NC(=NCc1cc2c(cc1OC(F)F)OCO2)NC1CCCCCC1. The normalized spacial score (nSPS) is 18.3. The number of guanidine groups is 1. The van der Waals surface area contributed by atoms with Crippen LogP contribution in [0, 0.1) is 0 Å². The topological polar surface area (TPSA) is 78.1 Å². The average Bonchev–Trinajstić information content (AvgIpc) is 2.86. The molecule has 1 heterocycles. The molecule has 0 bridgehead atoms. The van der Waals surface area contributed by atoms with E-state index in [4.69, 9.17) is 15.2 Å². The zero-order valence-corrected chi connectivity index (χ0v) is 14.0. The van der Waals surface area contributed by atoms with Crippen molar-refractivity contribution in [2.45, 2.75) is 57.7 Å². The van der Waals surface area contributed by atoms with Crippen LogP contribution in [0.15, 0.2) is 17.1 Å². The second-order valence-corrected chi connectivity index (χ2v) is 6.23. The summed E-state index contributed by atoms with van der Waals surface area (Å²) in [4.78, 5) is 4.27. The summed E-state index contributed by atoms with van der Waals surface area (Å²) < 4.78 is 40.3. The van der Waals surface area contributed by atoms with Gasteiger partial charge in [-0.2, -0.15) is 8.78 Å². The second kappa shape index (κ2) is 8.22. The van der Waals surface area contributed by atoms with Crippen LogP contribution in [0.2, 0.25) is 0 Å². The van der Waals surface area contributed by atoms with E-state index < -0.39 is 6.61 Å².